The number of nitrogens with zero attached hydrogens (tertiary/aromatic N) is 1. The Morgan fingerprint density at radius 2 is 1.58 bits per heavy atom. The van der Waals surface area contributed by atoms with Gasteiger partial charge < -0.3 is 14.4 Å². The fourth-order valence-corrected chi connectivity index (χ4v) is 1.74. The lowest BCUT2D eigenvalue weighted by Gasteiger charge is -2.24. The molecule has 0 aliphatic heterocycles. The topological polar surface area (TPSA) is 55.8 Å². The van der Waals surface area contributed by atoms with Crippen LogP contribution in [0.3, 0.4) is 0 Å². The molecule has 7 heteroatoms. The van der Waals surface area contributed by atoms with E-state index in [2.05, 4.69) is 0 Å². The average molecular weight is 312 g/mol. The van der Waals surface area contributed by atoms with Gasteiger partial charge in [0.05, 0.1) is 19.3 Å². The van der Waals surface area contributed by atoms with E-state index in [1.165, 1.54) is 0 Å². The molecule has 0 spiro atoms. The van der Waals surface area contributed by atoms with Crippen LogP contribution in [-0.4, -0.2) is 54.9 Å². The molecule has 0 heterocycles. The van der Waals surface area contributed by atoms with Gasteiger partial charge in [0, 0.05) is 24.8 Å². The van der Waals surface area contributed by atoms with Gasteiger partial charge in [-0.1, -0.05) is 0 Å². The highest BCUT2D eigenvalue weighted by molar-refractivity contribution is 6.18. The van der Waals surface area contributed by atoms with Crippen LogP contribution in [0.15, 0.2) is 11.8 Å². The third-order valence-corrected chi connectivity index (χ3v) is 2.41. The average Bonchev–Trinajstić information content (AvgIpc) is 2.36. The Morgan fingerprint density at radius 1 is 1.05 bits per heavy atom. The molecule has 0 aromatic heterocycles. The summed E-state index contributed by atoms with van der Waals surface area (Å²) in [5.74, 6) is -0.585. The van der Waals surface area contributed by atoms with Gasteiger partial charge in [-0.05, 0) is 13.8 Å². The van der Waals surface area contributed by atoms with Crippen molar-refractivity contribution in [1.82, 2.24) is 4.90 Å². The van der Waals surface area contributed by atoms with Crippen molar-refractivity contribution in [3.8, 4) is 0 Å². The lowest BCUT2D eigenvalue weighted by Crippen LogP contribution is -2.33. The number of halogens is 2. The number of esters is 2. The Hall–Kier alpha value is -0.940. The maximum Gasteiger partial charge on any atom is 0.354 e. The van der Waals surface area contributed by atoms with Crippen molar-refractivity contribution < 1.29 is 19.1 Å². The molecule has 0 atom stereocenters. The number of hydrogen-bond donors (Lipinski definition) is 0. The molecule has 0 aromatic rings. The van der Waals surface area contributed by atoms with Crippen molar-refractivity contribution in [3.05, 3.63) is 11.8 Å². The Balaban J connectivity index is 5.09. The fraction of sp³-hybridized carbons (Fsp3) is 0.667. The van der Waals surface area contributed by atoms with Crippen molar-refractivity contribution >= 4 is 35.1 Å². The van der Waals surface area contributed by atoms with Gasteiger partial charge in [-0.3, -0.25) is 0 Å². The molecule has 0 amide bonds. The second-order valence-corrected chi connectivity index (χ2v) is 4.12. The Kier molecular flexibility index (Phi) is 10.4. The zero-order valence-corrected chi connectivity index (χ0v) is 12.7. The van der Waals surface area contributed by atoms with Gasteiger partial charge in [-0.25, -0.2) is 9.59 Å². The molecule has 19 heavy (non-hydrogen) atoms. The maximum absolute atomic E-state index is 11.8. The van der Waals surface area contributed by atoms with Crippen molar-refractivity contribution in [1.29, 1.82) is 0 Å². The molecule has 0 fully saturated rings. The number of carbonyl (C=O) groups is 2. The highest BCUT2D eigenvalue weighted by Crippen LogP contribution is 2.09. The molecule has 0 aliphatic carbocycles. The summed E-state index contributed by atoms with van der Waals surface area (Å²) in [6.45, 7) is 4.60. The first-order chi connectivity index (χ1) is 9.10. The molecule has 0 N–H and O–H groups in total. The Bertz CT molecular complexity index is 315. The Morgan fingerprint density at radius 3 is 2.00 bits per heavy atom. The fourth-order valence-electron chi connectivity index (χ4n) is 1.34. The highest BCUT2D eigenvalue weighted by Gasteiger charge is 2.20. The van der Waals surface area contributed by atoms with E-state index in [9.17, 15) is 9.59 Å². The molecule has 0 aromatic carbocycles. The predicted molar refractivity (Wildman–Crippen MR) is 74.4 cm³/mol. The van der Waals surface area contributed by atoms with Gasteiger partial charge in [0.15, 0.2) is 0 Å². The molecular weight excluding hydrogens is 293 g/mol. The predicted octanol–water partition coefficient (Wildman–Crippen LogP) is 1.78. The van der Waals surface area contributed by atoms with Crippen LogP contribution in [0, 0.1) is 0 Å². The number of alkyl halides is 2. The summed E-state index contributed by atoms with van der Waals surface area (Å²) in [4.78, 5) is 24.9. The molecule has 0 unspecified atom stereocenters. The molecular formula is C12H19Cl2NO4. The van der Waals surface area contributed by atoms with Crippen molar-refractivity contribution in [2.75, 3.05) is 38.1 Å². The molecule has 0 bridgehead atoms. The second kappa shape index (κ2) is 10.9. The van der Waals surface area contributed by atoms with Gasteiger partial charge in [0.2, 0.25) is 0 Å². The van der Waals surface area contributed by atoms with Gasteiger partial charge in [-0.2, -0.15) is 0 Å². The summed E-state index contributed by atoms with van der Waals surface area (Å²) >= 11 is 11.4. The van der Waals surface area contributed by atoms with E-state index in [0.29, 0.717) is 24.8 Å². The van der Waals surface area contributed by atoms with Crippen molar-refractivity contribution in [3.63, 3.8) is 0 Å². The van der Waals surface area contributed by atoms with Crippen molar-refractivity contribution in [2.24, 2.45) is 0 Å². The molecule has 0 saturated heterocycles. The number of carbonyl (C=O) groups excluding carboxylic acids is 2. The minimum absolute atomic E-state index is 0.113. The zero-order valence-electron chi connectivity index (χ0n) is 11.2. The first-order valence-corrected chi connectivity index (χ1v) is 7.10. The quantitative estimate of drug-likeness (QED) is 0.369. The van der Waals surface area contributed by atoms with E-state index in [1.54, 1.807) is 18.7 Å². The van der Waals surface area contributed by atoms with Gasteiger partial charge in [-0.15, -0.1) is 23.2 Å². The third-order valence-electron chi connectivity index (χ3n) is 2.08. The zero-order chi connectivity index (χ0) is 14.7. The molecule has 110 valence electrons. The lowest BCUT2D eigenvalue weighted by molar-refractivity contribution is -0.142. The Labute approximate surface area is 123 Å². The normalized spacial score (nSPS) is 11.1. The van der Waals surface area contributed by atoms with Crippen LogP contribution < -0.4 is 0 Å². The van der Waals surface area contributed by atoms with Gasteiger partial charge in [0.25, 0.3) is 0 Å². The van der Waals surface area contributed by atoms with Crippen LogP contribution in [0.2, 0.25) is 0 Å². The minimum atomic E-state index is -0.598. The number of hydrogen-bond acceptors (Lipinski definition) is 5. The number of rotatable bonds is 9. The van der Waals surface area contributed by atoms with Crippen LogP contribution in [-0.2, 0) is 19.1 Å². The van der Waals surface area contributed by atoms with E-state index >= 15 is 0 Å². The van der Waals surface area contributed by atoms with Crippen LogP contribution in [0.25, 0.3) is 0 Å². The summed E-state index contributed by atoms with van der Waals surface area (Å²) in [6, 6.07) is 0. The van der Waals surface area contributed by atoms with E-state index < -0.39 is 11.9 Å². The first kappa shape index (κ1) is 18.1. The maximum atomic E-state index is 11.8. The minimum Gasteiger partial charge on any atom is -0.463 e. The van der Waals surface area contributed by atoms with E-state index in [1.807, 2.05) is 0 Å². The number of ether oxygens (including phenoxy) is 2. The molecule has 0 radical (unpaired) electrons. The first-order valence-electron chi connectivity index (χ1n) is 6.03. The highest BCUT2D eigenvalue weighted by atomic mass is 35.5. The van der Waals surface area contributed by atoms with Gasteiger partial charge >= 0.3 is 11.9 Å². The molecule has 5 nitrogen and oxygen atoms in total. The second-order valence-electron chi connectivity index (χ2n) is 3.37. The van der Waals surface area contributed by atoms with E-state index in [4.69, 9.17) is 32.7 Å². The van der Waals surface area contributed by atoms with Gasteiger partial charge in [0.1, 0.15) is 5.70 Å². The van der Waals surface area contributed by atoms with E-state index in [0.717, 1.165) is 6.08 Å². The summed E-state index contributed by atoms with van der Waals surface area (Å²) in [7, 11) is 0. The SMILES string of the molecule is CCOC(=O)/C=C(\C(=O)OCC)N(CCCl)CCCl. The standard InChI is InChI=1S/C12H19Cl2NO4/c1-3-18-11(16)9-10(12(17)19-4-2)15(7-5-13)8-6-14/h9H,3-8H2,1-2H3/b10-9+. The monoisotopic (exact) mass is 311 g/mol. The van der Waals surface area contributed by atoms with Crippen LogP contribution in [0.1, 0.15) is 13.8 Å². The molecule has 0 rings (SSSR count). The summed E-state index contributed by atoms with van der Waals surface area (Å²) in [5.41, 5.74) is 0.113. The van der Waals surface area contributed by atoms with Crippen LogP contribution in [0.4, 0.5) is 0 Å². The van der Waals surface area contributed by atoms with Crippen molar-refractivity contribution in [2.45, 2.75) is 13.8 Å². The van der Waals surface area contributed by atoms with Crippen LogP contribution >= 0.6 is 23.2 Å². The van der Waals surface area contributed by atoms with Crippen LogP contribution in [0.5, 0.6) is 0 Å². The third kappa shape index (κ3) is 7.28. The largest absolute Gasteiger partial charge is 0.463 e. The summed E-state index contributed by atoms with van der Waals surface area (Å²) in [5, 5.41) is 0. The summed E-state index contributed by atoms with van der Waals surface area (Å²) < 4.78 is 9.71. The molecule has 0 saturated carbocycles. The summed E-state index contributed by atoms with van der Waals surface area (Å²) in [6.07, 6.45) is 1.11. The van der Waals surface area contributed by atoms with E-state index in [-0.39, 0.29) is 18.9 Å². The lowest BCUT2D eigenvalue weighted by atomic mass is 10.3. The smallest absolute Gasteiger partial charge is 0.354 e. The molecule has 0 aliphatic rings.